The molecule has 0 aliphatic carbocycles. The van der Waals surface area contributed by atoms with Gasteiger partial charge in [-0.05, 0) is 18.2 Å². The van der Waals surface area contributed by atoms with E-state index in [-0.39, 0.29) is 0 Å². The molecule has 0 saturated heterocycles. The normalized spacial score (nSPS) is 11.1. The number of hydrogen-bond donors (Lipinski definition) is 1. The average Bonchev–Trinajstić information content (AvgIpc) is 2.79. The molecule has 2 aromatic carbocycles. The van der Waals surface area contributed by atoms with Gasteiger partial charge in [0.15, 0.2) is 0 Å². The first-order valence-corrected chi connectivity index (χ1v) is 7.01. The number of nitrogens with two attached hydrogens (primary N) is 1. The molecular formula is C15H14BrN3. The SMILES string of the molecule is NCCn1c(-c2ccccc2Br)nc2ccccc21. The Labute approximate surface area is 120 Å². The van der Waals surface area contributed by atoms with Crippen LogP contribution in [0.25, 0.3) is 22.4 Å². The molecule has 0 bridgehead atoms. The number of hydrogen-bond acceptors (Lipinski definition) is 2. The highest BCUT2D eigenvalue weighted by molar-refractivity contribution is 9.10. The lowest BCUT2D eigenvalue weighted by Gasteiger charge is -2.09. The summed E-state index contributed by atoms with van der Waals surface area (Å²) in [7, 11) is 0. The number of fused-ring (bicyclic) bond motifs is 1. The van der Waals surface area contributed by atoms with Crippen LogP contribution in [0.4, 0.5) is 0 Å². The van der Waals surface area contributed by atoms with E-state index in [0.717, 1.165) is 33.4 Å². The fourth-order valence-electron chi connectivity index (χ4n) is 2.28. The summed E-state index contributed by atoms with van der Waals surface area (Å²) in [6.07, 6.45) is 0. The van der Waals surface area contributed by atoms with Crippen molar-refractivity contribution in [1.82, 2.24) is 9.55 Å². The summed E-state index contributed by atoms with van der Waals surface area (Å²) in [5, 5.41) is 0. The summed E-state index contributed by atoms with van der Waals surface area (Å²) in [5.74, 6) is 0.958. The van der Waals surface area contributed by atoms with Crippen molar-refractivity contribution in [2.45, 2.75) is 6.54 Å². The van der Waals surface area contributed by atoms with E-state index in [2.05, 4.69) is 32.6 Å². The molecule has 0 aliphatic rings. The van der Waals surface area contributed by atoms with Gasteiger partial charge in [-0.1, -0.05) is 46.3 Å². The predicted octanol–water partition coefficient (Wildman–Crippen LogP) is 3.42. The van der Waals surface area contributed by atoms with Crippen LogP contribution in [-0.4, -0.2) is 16.1 Å². The molecule has 0 amide bonds. The molecule has 0 fully saturated rings. The van der Waals surface area contributed by atoms with Crippen LogP contribution in [0.2, 0.25) is 0 Å². The number of rotatable bonds is 3. The number of aromatic nitrogens is 2. The molecule has 3 aromatic rings. The zero-order chi connectivity index (χ0) is 13.2. The van der Waals surface area contributed by atoms with Gasteiger partial charge in [-0.25, -0.2) is 4.98 Å². The van der Waals surface area contributed by atoms with E-state index < -0.39 is 0 Å². The standard InChI is InChI=1S/C15H14BrN3/c16-12-6-2-1-5-11(12)15-18-13-7-3-4-8-14(13)19(15)10-9-17/h1-8H,9-10,17H2. The lowest BCUT2D eigenvalue weighted by atomic mass is 10.2. The maximum absolute atomic E-state index is 5.74. The first kappa shape index (κ1) is 12.4. The smallest absolute Gasteiger partial charge is 0.142 e. The topological polar surface area (TPSA) is 43.8 Å². The Morgan fingerprint density at radius 3 is 2.58 bits per heavy atom. The molecule has 4 heteroatoms. The van der Waals surface area contributed by atoms with Gasteiger partial charge in [-0.3, -0.25) is 0 Å². The van der Waals surface area contributed by atoms with Crippen LogP contribution in [0.15, 0.2) is 53.0 Å². The molecule has 0 saturated carbocycles. The van der Waals surface area contributed by atoms with Crippen LogP contribution in [0, 0.1) is 0 Å². The zero-order valence-electron chi connectivity index (χ0n) is 10.4. The van der Waals surface area contributed by atoms with Crippen molar-refractivity contribution < 1.29 is 0 Å². The van der Waals surface area contributed by atoms with E-state index in [1.54, 1.807) is 0 Å². The third-order valence-electron chi connectivity index (χ3n) is 3.12. The van der Waals surface area contributed by atoms with Crippen molar-refractivity contribution in [2.24, 2.45) is 5.73 Å². The summed E-state index contributed by atoms with van der Waals surface area (Å²) in [6.45, 7) is 1.36. The molecule has 3 rings (SSSR count). The number of nitrogens with zero attached hydrogens (tertiary/aromatic N) is 2. The van der Waals surface area contributed by atoms with Crippen molar-refractivity contribution in [1.29, 1.82) is 0 Å². The number of imidazole rings is 1. The fraction of sp³-hybridized carbons (Fsp3) is 0.133. The van der Waals surface area contributed by atoms with Gasteiger partial charge in [0.25, 0.3) is 0 Å². The van der Waals surface area contributed by atoms with E-state index in [4.69, 9.17) is 10.7 Å². The van der Waals surface area contributed by atoms with E-state index in [1.165, 1.54) is 0 Å². The molecule has 1 heterocycles. The second kappa shape index (κ2) is 5.15. The summed E-state index contributed by atoms with van der Waals surface area (Å²) in [4.78, 5) is 4.74. The van der Waals surface area contributed by atoms with Gasteiger partial charge < -0.3 is 10.3 Å². The molecule has 0 spiro atoms. The summed E-state index contributed by atoms with van der Waals surface area (Å²) in [6, 6.07) is 16.3. The third kappa shape index (κ3) is 2.17. The molecule has 0 unspecified atom stereocenters. The van der Waals surface area contributed by atoms with Gasteiger partial charge in [0, 0.05) is 23.1 Å². The number of halogens is 1. The Morgan fingerprint density at radius 1 is 1.05 bits per heavy atom. The average molecular weight is 316 g/mol. The molecule has 0 aliphatic heterocycles. The van der Waals surface area contributed by atoms with E-state index in [1.807, 2.05) is 36.4 Å². The zero-order valence-corrected chi connectivity index (χ0v) is 12.0. The second-order valence-corrected chi connectivity index (χ2v) is 5.20. The van der Waals surface area contributed by atoms with E-state index in [0.29, 0.717) is 6.54 Å². The number of para-hydroxylation sites is 2. The van der Waals surface area contributed by atoms with Crippen LogP contribution in [0.5, 0.6) is 0 Å². The Hall–Kier alpha value is -1.65. The first-order valence-electron chi connectivity index (χ1n) is 6.21. The van der Waals surface area contributed by atoms with Crippen molar-refractivity contribution in [3.63, 3.8) is 0 Å². The van der Waals surface area contributed by atoms with Gasteiger partial charge >= 0.3 is 0 Å². The third-order valence-corrected chi connectivity index (χ3v) is 3.81. The van der Waals surface area contributed by atoms with Crippen LogP contribution in [-0.2, 0) is 6.54 Å². The number of benzene rings is 2. The molecule has 2 N–H and O–H groups in total. The molecule has 3 nitrogen and oxygen atoms in total. The quantitative estimate of drug-likeness (QED) is 0.804. The van der Waals surface area contributed by atoms with Crippen molar-refractivity contribution in [3.05, 3.63) is 53.0 Å². The Morgan fingerprint density at radius 2 is 1.79 bits per heavy atom. The van der Waals surface area contributed by atoms with E-state index >= 15 is 0 Å². The summed E-state index contributed by atoms with van der Waals surface area (Å²) in [5.41, 5.74) is 8.95. The summed E-state index contributed by atoms with van der Waals surface area (Å²) >= 11 is 3.59. The monoisotopic (exact) mass is 315 g/mol. The van der Waals surface area contributed by atoms with Crippen LogP contribution in [0.3, 0.4) is 0 Å². The first-order chi connectivity index (χ1) is 9.31. The van der Waals surface area contributed by atoms with Crippen LogP contribution < -0.4 is 5.73 Å². The highest BCUT2D eigenvalue weighted by Gasteiger charge is 2.13. The highest BCUT2D eigenvalue weighted by atomic mass is 79.9. The Balaban J connectivity index is 2.28. The van der Waals surface area contributed by atoms with Gasteiger partial charge in [0.05, 0.1) is 11.0 Å². The van der Waals surface area contributed by atoms with Crippen molar-refractivity contribution >= 4 is 27.0 Å². The molecular weight excluding hydrogens is 302 g/mol. The minimum absolute atomic E-state index is 0.595. The molecule has 0 atom stereocenters. The van der Waals surface area contributed by atoms with Gasteiger partial charge in [-0.15, -0.1) is 0 Å². The van der Waals surface area contributed by atoms with Crippen LogP contribution in [0.1, 0.15) is 0 Å². The maximum atomic E-state index is 5.74. The minimum atomic E-state index is 0.595. The summed E-state index contributed by atoms with van der Waals surface area (Å²) < 4.78 is 3.22. The Kier molecular flexibility index (Phi) is 3.36. The van der Waals surface area contributed by atoms with Gasteiger partial charge in [0.1, 0.15) is 5.82 Å². The largest absolute Gasteiger partial charge is 0.329 e. The van der Waals surface area contributed by atoms with E-state index in [9.17, 15) is 0 Å². The fourth-order valence-corrected chi connectivity index (χ4v) is 2.74. The van der Waals surface area contributed by atoms with Crippen molar-refractivity contribution in [3.8, 4) is 11.4 Å². The Bertz CT molecular complexity index is 718. The van der Waals surface area contributed by atoms with Gasteiger partial charge in [0.2, 0.25) is 0 Å². The predicted molar refractivity (Wildman–Crippen MR) is 81.9 cm³/mol. The lowest BCUT2D eigenvalue weighted by Crippen LogP contribution is -2.11. The highest BCUT2D eigenvalue weighted by Crippen LogP contribution is 2.30. The molecule has 0 radical (unpaired) electrons. The second-order valence-electron chi connectivity index (χ2n) is 4.34. The van der Waals surface area contributed by atoms with Crippen LogP contribution >= 0.6 is 15.9 Å². The minimum Gasteiger partial charge on any atom is -0.329 e. The lowest BCUT2D eigenvalue weighted by molar-refractivity contribution is 0.735. The van der Waals surface area contributed by atoms with Gasteiger partial charge in [-0.2, -0.15) is 0 Å². The molecule has 19 heavy (non-hydrogen) atoms. The molecule has 96 valence electrons. The van der Waals surface area contributed by atoms with Crippen molar-refractivity contribution in [2.75, 3.05) is 6.54 Å². The molecule has 1 aromatic heterocycles. The maximum Gasteiger partial charge on any atom is 0.142 e.